The minimum Gasteiger partial charge on any atom is -0.496 e. The number of fused-ring (bicyclic) bond motifs is 1. The molecule has 3 aromatic rings. The van der Waals surface area contributed by atoms with E-state index in [1.54, 1.807) is 36.4 Å². The Morgan fingerprint density at radius 1 is 0.973 bits per heavy atom. The molecule has 1 saturated carbocycles. The average molecular weight is 502 g/mol. The molecular weight excluding hydrogens is 470 g/mol. The van der Waals surface area contributed by atoms with E-state index in [9.17, 15) is 9.59 Å². The Hall–Kier alpha value is -4.04. The number of amides is 2. The number of carbonyl (C=O) groups excluding carboxylic acids is 2. The number of methoxy groups -OCH3 is 1. The Morgan fingerprint density at radius 3 is 2.57 bits per heavy atom. The van der Waals surface area contributed by atoms with Crippen LogP contribution >= 0.6 is 0 Å². The second kappa shape index (κ2) is 10.9. The lowest BCUT2D eigenvalue weighted by Gasteiger charge is -2.36. The van der Waals surface area contributed by atoms with Crippen LogP contribution < -0.4 is 25.3 Å². The van der Waals surface area contributed by atoms with Crippen molar-refractivity contribution in [2.24, 2.45) is 5.73 Å². The van der Waals surface area contributed by atoms with Gasteiger partial charge in [0.05, 0.1) is 12.7 Å². The zero-order chi connectivity index (χ0) is 25.8. The highest BCUT2D eigenvalue weighted by atomic mass is 16.7. The van der Waals surface area contributed by atoms with Gasteiger partial charge in [-0.25, -0.2) is 0 Å². The summed E-state index contributed by atoms with van der Waals surface area (Å²) in [6.07, 6.45) is 3.46. The van der Waals surface area contributed by atoms with Gasteiger partial charge in [0.2, 0.25) is 6.79 Å². The van der Waals surface area contributed by atoms with Gasteiger partial charge >= 0.3 is 0 Å². The van der Waals surface area contributed by atoms with E-state index < -0.39 is 0 Å². The van der Waals surface area contributed by atoms with Crippen LogP contribution in [0, 0.1) is 0 Å². The van der Waals surface area contributed by atoms with E-state index in [1.165, 1.54) is 7.11 Å². The Morgan fingerprint density at radius 2 is 1.76 bits per heavy atom. The molecule has 0 bridgehead atoms. The fourth-order valence-corrected chi connectivity index (χ4v) is 4.95. The van der Waals surface area contributed by atoms with Crippen molar-refractivity contribution in [3.63, 3.8) is 0 Å². The monoisotopic (exact) mass is 501 g/mol. The largest absolute Gasteiger partial charge is 0.496 e. The van der Waals surface area contributed by atoms with Crippen molar-refractivity contribution in [3.05, 3.63) is 83.4 Å². The fraction of sp³-hybridized carbons (Fsp3) is 0.310. The minimum absolute atomic E-state index is 0.0674. The molecule has 1 fully saturated rings. The van der Waals surface area contributed by atoms with Crippen molar-refractivity contribution in [1.82, 2.24) is 4.90 Å². The number of hydrogen-bond donors (Lipinski definition) is 2. The number of para-hydroxylation sites is 1. The zero-order valence-corrected chi connectivity index (χ0v) is 20.8. The molecule has 2 aliphatic rings. The maximum absolute atomic E-state index is 13.8. The van der Waals surface area contributed by atoms with Crippen LogP contribution in [0.1, 0.15) is 52.0 Å². The Kier molecular flexibility index (Phi) is 7.28. The van der Waals surface area contributed by atoms with Gasteiger partial charge in [0.25, 0.3) is 11.8 Å². The van der Waals surface area contributed by atoms with Gasteiger partial charge in [-0.05, 0) is 73.7 Å². The lowest BCUT2D eigenvalue weighted by atomic mass is 9.90. The normalized spacial score (nSPS) is 18.2. The molecule has 0 radical (unpaired) electrons. The number of ether oxygens (including phenoxy) is 3. The topological polar surface area (TPSA) is 103 Å². The minimum atomic E-state index is -0.260. The Bertz CT molecular complexity index is 1290. The highest BCUT2D eigenvalue weighted by Crippen LogP contribution is 2.34. The van der Waals surface area contributed by atoms with E-state index >= 15 is 0 Å². The van der Waals surface area contributed by atoms with Gasteiger partial charge in [0, 0.05) is 29.9 Å². The number of benzene rings is 3. The Labute approximate surface area is 216 Å². The summed E-state index contributed by atoms with van der Waals surface area (Å²) < 4.78 is 16.2. The molecule has 1 aliphatic carbocycles. The summed E-state index contributed by atoms with van der Waals surface area (Å²) in [6.45, 7) is 0.566. The van der Waals surface area contributed by atoms with Crippen molar-refractivity contribution >= 4 is 17.5 Å². The molecule has 8 nitrogen and oxygen atoms in total. The highest BCUT2D eigenvalue weighted by Gasteiger charge is 2.29. The molecule has 5 rings (SSSR count). The van der Waals surface area contributed by atoms with Crippen LogP contribution in [0.4, 0.5) is 5.69 Å². The number of nitrogens with two attached hydrogens (primary N) is 1. The number of anilines is 1. The van der Waals surface area contributed by atoms with E-state index in [1.807, 2.05) is 35.2 Å². The van der Waals surface area contributed by atoms with E-state index in [0.717, 1.165) is 31.2 Å². The maximum Gasteiger partial charge on any atom is 0.259 e. The third-order valence-electron chi connectivity index (χ3n) is 6.95. The summed E-state index contributed by atoms with van der Waals surface area (Å²) in [6, 6.07) is 20.2. The van der Waals surface area contributed by atoms with E-state index in [0.29, 0.717) is 40.6 Å². The van der Waals surface area contributed by atoms with Gasteiger partial charge in [-0.2, -0.15) is 0 Å². The molecule has 3 aromatic carbocycles. The molecule has 192 valence electrons. The summed E-state index contributed by atoms with van der Waals surface area (Å²) in [7, 11) is 1.54. The lowest BCUT2D eigenvalue weighted by Crippen LogP contribution is -2.43. The summed E-state index contributed by atoms with van der Waals surface area (Å²) >= 11 is 0. The van der Waals surface area contributed by atoms with Crippen LogP contribution in [-0.2, 0) is 6.54 Å². The summed E-state index contributed by atoms with van der Waals surface area (Å²) in [5.41, 5.74) is 8.72. The molecule has 1 heterocycles. The first-order valence-corrected chi connectivity index (χ1v) is 12.5. The van der Waals surface area contributed by atoms with Crippen molar-refractivity contribution in [2.45, 2.75) is 44.3 Å². The van der Waals surface area contributed by atoms with Gasteiger partial charge in [0.1, 0.15) is 5.75 Å². The molecule has 0 atom stereocenters. The molecule has 0 spiro atoms. The zero-order valence-electron chi connectivity index (χ0n) is 20.8. The predicted molar refractivity (Wildman–Crippen MR) is 140 cm³/mol. The molecule has 2 amide bonds. The highest BCUT2D eigenvalue weighted by molar-refractivity contribution is 6.06. The van der Waals surface area contributed by atoms with Crippen molar-refractivity contribution in [3.8, 4) is 17.2 Å². The SMILES string of the molecule is COc1ccccc1C(=O)Nc1cccc(CN(C(=O)c2ccc3c(c2)OCO3)C2CCC(N)CC2)c1. The van der Waals surface area contributed by atoms with Crippen molar-refractivity contribution in [1.29, 1.82) is 0 Å². The smallest absolute Gasteiger partial charge is 0.259 e. The Balaban J connectivity index is 1.37. The average Bonchev–Trinajstić information content (AvgIpc) is 3.40. The molecule has 37 heavy (non-hydrogen) atoms. The molecule has 0 saturated heterocycles. The van der Waals surface area contributed by atoms with Gasteiger partial charge in [-0.15, -0.1) is 0 Å². The number of carbonyl (C=O) groups is 2. The third-order valence-corrected chi connectivity index (χ3v) is 6.95. The van der Waals surface area contributed by atoms with Crippen LogP contribution in [0.3, 0.4) is 0 Å². The van der Waals surface area contributed by atoms with Crippen LogP contribution in [0.5, 0.6) is 17.2 Å². The molecular formula is C29H31N3O5. The first-order valence-electron chi connectivity index (χ1n) is 12.5. The molecule has 8 heteroatoms. The van der Waals surface area contributed by atoms with Crippen LogP contribution in [-0.4, -0.2) is 42.7 Å². The van der Waals surface area contributed by atoms with Crippen molar-refractivity contribution < 1.29 is 23.8 Å². The van der Waals surface area contributed by atoms with Crippen molar-refractivity contribution in [2.75, 3.05) is 19.2 Å². The fourth-order valence-electron chi connectivity index (χ4n) is 4.95. The molecule has 0 unspecified atom stereocenters. The molecule has 0 aromatic heterocycles. The number of nitrogens with zero attached hydrogens (tertiary/aromatic N) is 1. The van der Waals surface area contributed by atoms with Gasteiger partial charge in [0.15, 0.2) is 11.5 Å². The number of nitrogens with one attached hydrogen (secondary N) is 1. The predicted octanol–water partition coefficient (Wildman–Crippen LogP) is 4.59. The molecule has 1 aliphatic heterocycles. The summed E-state index contributed by atoms with van der Waals surface area (Å²) in [5.74, 6) is 1.40. The van der Waals surface area contributed by atoms with Crippen LogP contribution in [0.25, 0.3) is 0 Å². The van der Waals surface area contributed by atoms with Crippen LogP contribution in [0.15, 0.2) is 66.7 Å². The summed E-state index contributed by atoms with van der Waals surface area (Å²) in [5, 5.41) is 2.95. The standard InChI is InChI=1S/C29H31N3O5/c1-35-25-8-3-2-7-24(25)28(33)31-22-6-4-5-19(15-22)17-32(23-12-10-21(30)11-13-23)29(34)20-9-14-26-27(16-20)37-18-36-26/h2-9,14-16,21,23H,10-13,17-18,30H2,1H3,(H,31,33). The van der Waals surface area contributed by atoms with E-state index in [-0.39, 0.29) is 30.7 Å². The molecule has 3 N–H and O–H groups in total. The van der Waals surface area contributed by atoms with Gasteiger partial charge in [-0.3, -0.25) is 9.59 Å². The quantitative estimate of drug-likeness (QED) is 0.491. The second-order valence-electron chi connectivity index (χ2n) is 9.42. The van der Waals surface area contributed by atoms with Gasteiger partial charge in [-0.1, -0.05) is 24.3 Å². The number of rotatable bonds is 7. The third kappa shape index (κ3) is 5.54. The number of hydrogen-bond acceptors (Lipinski definition) is 6. The summed E-state index contributed by atoms with van der Waals surface area (Å²) in [4.78, 5) is 28.6. The second-order valence-corrected chi connectivity index (χ2v) is 9.42. The van der Waals surface area contributed by atoms with E-state index in [4.69, 9.17) is 19.9 Å². The van der Waals surface area contributed by atoms with Crippen LogP contribution in [0.2, 0.25) is 0 Å². The maximum atomic E-state index is 13.8. The van der Waals surface area contributed by atoms with Gasteiger partial charge < -0.3 is 30.2 Å². The van der Waals surface area contributed by atoms with E-state index in [2.05, 4.69) is 5.32 Å². The lowest BCUT2D eigenvalue weighted by molar-refractivity contribution is 0.0606. The first-order chi connectivity index (χ1) is 18.0. The first kappa shape index (κ1) is 24.6.